The molecule has 0 bridgehead atoms. The van der Waals surface area contributed by atoms with Gasteiger partial charge in [-0.1, -0.05) is 56.3 Å². The normalized spacial score (nSPS) is 17.4. The van der Waals surface area contributed by atoms with Crippen molar-refractivity contribution in [1.29, 1.82) is 5.26 Å². The van der Waals surface area contributed by atoms with Crippen molar-refractivity contribution in [3.05, 3.63) is 59.5 Å². The Morgan fingerprint density at radius 3 is 2.53 bits per heavy atom. The number of amides is 1. The number of benzene rings is 2. The molecule has 186 valence electrons. The van der Waals surface area contributed by atoms with Crippen LogP contribution in [-0.2, 0) is 4.79 Å². The van der Waals surface area contributed by atoms with Crippen LogP contribution in [0.25, 0.3) is 22.4 Å². The first-order chi connectivity index (χ1) is 17.5. The molecular formula is C29H33N5OS. The van der Waals surface area contributed by atoms with Crippen molar-refractivity contribution in [2.75, 3.05) is 31.1 Å². The van der Waals surface area contributed by atoms with Gasteiger partial charge in [-0.05, 0) is 47.9 Å². The Kier molecular flexibility index (Phi) is 7.08. The largest absolute Gasteiger partial charge is 0.346 e. The second-order valence-electron chi connectivity index (χ2n) is 10.3. The van der Waals surface area contributed by atoms with Crippen molar-refractivity contribution in [2.45, 2.75) is 44.6 Å². The van der Waals surface area contributed by atoms with Crippen LogP contribution in [0.15, 0.2) is 53.9 Å². The first-order valence-electron chi connectivity index (χ1n) is 12.8. The van der Waals surface area contributed by atoms with Gasteiger partial charge in [0, 0.05) is 37.1 Å². The van der Waals surface area contributed by atoms with E-state index in [1.54, 1.807) is 11.3 Å². The summed E-state index contributed by atoms with van der Waals surface area (Å²) in [5.74, 6) is 0.0372. The van der Waals surface area contributed by atoms with Crippen LogP contribution in [0.5, 0.6) is 0 Å². The van der Waals surface area contributed by atoms with Crippen molar-refractivity contribution in [2.24, 2.45) is 5.92 Å². The molecule has 36 heavy (non-hydrogen) atoms. The Balaban J connectivity index is 1.39. The van der Waals surface area contributed by atoms with E-state index < -0.39 is 5.54 Å². The predicted octanol–water partition coefficient (Wildman–Crippen LogP) is 5.19. The minimum atomic E-state index is -0.657. The number of nitrogens with zero attached hydrogens (tertiary/aromatic N) is 3. The third-order valence-electron chi connectivity index (χ3n) is 7.01. The third-order valence-corrected chi connectivity index (χ3v) is 7.91. The maximum atomic E-state index is 13.2. The zero-order chi connectivity index (χ0) is 25.1. The summed E-state index contributed by atoms with van der Waals surface area (Å²) in [5, 5.41) is 19.1. The van der Waals surface area contributed by atoms with Gasteiger partial charge >= 0.3 is 0 Å². The average Bonchev–Trinajstić information content (AvgIpc) is 3.50. The number of nitriles is 1. The van der Waals surface area contributed by atoms with Crippen molar-refractivity contribution < 1.29 is 4.79 Å². The highest BCUT2D eigenvalue weighted by Crippen LogP contribution is 2.37. The topological polar surface area (TPSA) is 81.0 Å². The molecule has 1 unspecified atom stereocenters. The number of carbonyl (C=O) groups excluding carboxylic acids is 1. The second kappa shape index (κ2) is 10.4. The first kappa shape index (κ1) is 24.5. The Morgan fingerprint density at radius 2 is 1.83 bits per heavy atom. The van der Waals surface area contributed by atoms with Crippen molar-refractivity contribution in [3.8, 4) is 28.5 Å². The number of hydrogen-bond donors (Lipinski definition) is 2. The SMILES string of the molecule is CC(C)CC(C(=O)NC1(C#N)CC1)c1cccc(-c2cccc(-c3csc(N4CCNCC4)n3)c2)c1. The highest BCUT2D eigenvalue weighted by Gasteiger charge is 2.45. The van der Waals surface area contributed by atoms with Crippen molar-refractivity contribution in [3.63, 3.8) is 0 Å². The fraction of sp³-hybridized carbons (Fsp3) is 0.414. The van der Waals surface area contributed by atoms with Crippen LogP contribution < -0.4 is 15.5 Å². The minimum absolute atomic E-state index is 0.0448. The molecule has 2 fully saturated rings. The number of rotatable bonds is 8. The van der Waals surface area contributed by atoms with Gasteiger partial charge in [-0.25, -0.2) is 4.98 Å². The molecule has 1 aromatic heterocycles. The van der Waals surface area contributed by atoms with Gasteiger partial charge in [0.25, 0.3) is 0 Å². The lowest BCUT2D eigenvalue weighted by molar-refractivity contribution is -0.123. The maximum Gasteiger partial charge on any atom is 0.228 e. The molecule has 0 radical (unpaired) electrons. The van der Waals surface area contributed by atoms with Gasteiger partial charge in [-0.15, -0.1) is 11.3 Å². The molecule has 1 saturated carbocycles. The summed E-state index contributed by atoms with van der Waals surface area (Å²) >= 11 is 1.70. The van der Waals surface area contributed by atoms with Crippen LogP contribution in [0.3, 0.4) is 0 Å². The summed E-state index contributed by atoms with van der Waals surface area (Å²) in [5.41, 5.74) is 4.61. The van der Waals surface area contributed by atoms with E-state index in [4.69, 9.17) is 4.98 Å². The number of anilines is 1. The van der Waals surface area contributed by atoms with Gasteiger partial charge in [0.2, 0.25) is 5.91 Å². The predicted molar refractivity (Wildman–Crippen MR) is 146 cm³/mol. The smallest absolute Gasteiger partial charge is 0.228 e. The Labute approximate surface area is 217 Å². The van der Waals surface area contributed by atoms with E-state index in [0.717, 1.165) is 78.5 Å². The number of carbonyl (C=O) groups is 1. The molecule has 2 N–H and O–H groups in total. The summed E-state index contributed by atoms with van der Waals surface area (Å²) in [4.78, 5) is 20.5. The highest BCUT2D eigenvalue weighted by molar-refractivity contribution is 7.14. The zero-order valence-electron chi connectivity index (χ0n) is 21.0. The monoisotopic (exact) mass is 499 g/mol. The Bertz CT molecular complexity index is 1270. The molecule has 0 spiro atoms. The zero-order valence-corrected chi connectivity index (χ0v) is 21.8. The van der Waals surface area contributed by atoms with Gasteiger partial charge in [0.1, 0.15) is 5.54 Å². The van der Waals surface area contributed by atoms with Gasteiger partial charge in [0.15, 0.2) is 5.13 Å². The lowest BCUT2D eigenvalue weighted by Crippen LogP contribution is -2.43. The van der Waals surface area contributed by atoms with E-state index in [-0.39, 0.29) is 11.8 Å². The van der Waals surface area contributed by atoms with E-state index in [1.165, 1.54) is 0 Å². The van der Waals surface area contributed by atoms with E-state index in [2.05, 4.69) is 77.2 Å². The molecular weight excluding hydrogens is 466 g/mol. The number of thiazole rings is 1. The summed E-state index contributed by atoms with van der Waals surface area (Å²) in [7, 11) is 0. The molecule has 2 aromatic carbocycles. The second-order valence-corrected chi connectivity index (χ2v) is 11.2. The van der Waals surface area contributed by atoms with Gasteiger partial charge < -0.3 is 15.5 Å². The summed E-state index contributed by atoms with van der Waals surface area (Å²) < 4.78 is 0. The van der Waals surface area contributed by atoms with Crippen LogP contribution in [0.1, 0.15) is 44.6 Å². The summed E-state index contributed by atoms with van der Waals surface area (Å²) in [6.07, 6.45) is 2.22. The molecule has 2 heterocycles. The van der Waals surface area contributed by atoms with Gasteiger partial charge in [-0.2, -0.15) is 5.26 Å². The lowest BCUT2D eigenvalue weighted by Gasteiger charge is -2.26. The summed E-state index contributed by atoms with van der Waals surface area (Å²) in [6.45, 7) is 8.23. The number of aromatic nitrogens is 1. The van der Waals surface area contributed by atoms with Gasteiger partial charge in [-0.3, -0.25) is 4.79 Å². The van der Waals surface area contributed by atoms with Gasteiger partial charge in [0.05, 0.1) is 17.7 Å². The Hall–Kier alpha value is -3.21. The molecule has 5 rings (SSSR count). The number of nitrogens with one attached hydrogen (secondary N) is 2. The molecule has 1 aliphatic heterocycles. The Morgan fingerprint density at radius 1 is 1.14 bits per heavy atom. The molecule has 7 heteroatoms. The molecule has 1 saturated heterocycles. The molecule has 1 atom stereocenters. The summed E-state index contributed by atoms with van der Waals surface area (Å²) in [6, 6.07) is 19.0. The van der Waals surface area contributed by atoms with E-state index >= 15 is 0 Å². The molecule has 6 nitrogen and oxygen atoms in total. The molecule has 2 aliphatic rings. The van der Waals surface area contributed by atoms with Crippen LogP contribution in [-0.4, -0.2) is 42.6 Å². The molecule has 3 aromatic rings. The molecule has 1 amide bonds. The standard InChI is InChI=1S/C29H33N5OS/c1-20(2)15-25(27(35)33-29(19-30)9-10-29)23-7-3-5-21(16-23)22-6-4-8-24(17-22)26-18-36-28(32-26)34-13-11-31-12-14-34/h3-8,16-18,20,25,31H,9-15H2,1-2H3,(H,33,35). The maximum absolute atomic E-state index is 13.2. The fourth-order valence-corrected chi connectivity index (χ4v) is 5.66. The first-order valence-corrected chi connectivity index (χ1v) is 13.7. The lowest BCUT2D eigenvalue weighted by atomic mass is 9.87. The van der Waals surface area contributed by atoms with E-state index in [9.17, 15) is 10.1 Å². The van der Waals surface area contributed by atoms with E-state index in [0.29, 0.717) is 5.92 Å². The fourth-order valence-electron chi connectivity index (χ4n) is 4.77. The van der Waals surface area contributed by atoms with Crippen LogP contribution >= 0.6 is 11.3 Å². The highest BCUT2D eigenvalue weighted by atomic mass is 32.1. The molecule has 1 aliphatic carbocycles. The average molecular weight is 500 g/mol. The number of hydrogen-bond acceptors (Lipinski definition) is 6. The van der Waals surface area contributed by atoms with E-state index in [1.807, 2.05) is 12.1 Å². The number of piperazine rings is 1. The third kappa shape index (κ3) is 5.45. The van der Waals surface area contributed by atoms with Crippen LogP contribution in [0.2, 0.25) is 0 Å². The van der Waals surface area contributed by atoms with Crippen molar-refractivity contribution >= 4 is 22.4 Å². The van der Waals surface area contributed by atoms with Crippen molar-refractivity contribution in [1.82, 2.24) is 15.6 Å². The minimum Gasteiger partial charge on any atom is -0.346 e. The quantitative estimate of drug-likeness (QED) is 0.446. The van der Waals surface area contributed by atoms with Crippen LogP contribution in [0.4, 0.5) is 5.13 Å². The van der Waals surface area contributed by atoms with Crippen LogP contribution in [0, 0.1) is 17.2 Å².